The first kappa shape index (κ1) is 7.46. The molecule has 0 aliphatic heterocycles. The first-order chi connectivity index (χ1) is 3.85. The van der Waals surface area contributed by atoms with Crippen molar-refractivity contribution in [1.29, 1.82) is 0 Å². The molecule has 3 heteroatoms. The summed E-state index contributed by atoms with van der Waals surface area (Å²) < 4.78 is 9.47. The summed E-state index contributed by atoms with van der Waals surface area (Å²) in [6, 6.07) is 0. The zero-order chi connectivity index (χ0) is 6.41. The molecule has 0 aliphatic rings. The molecule has 0 saturated carbocycles. The third-order valence-electron chi connectivity index (χ3n) is 0.682. The highest BCUT2D eigenvalue weighted by atomic mass is 16.7. The van der Waals surface area contributed by atoms with Crippen LogP contribution in [0.15, 0.2) is 12.8 Å². The van der Waals surface area contributed by atoms with Crippen LogP contribution in [0.2, 0.25) is 0 Å². The van der Waals surface area contributed by atoms with Crippen LogP contribution in [0.5, 0.6) is 0 Å². The summed E-state index contributed by atoms with van der Waals surface area (Å²) >= 11 is 0. The predicted molar refractivity (Wildman–Crippen MR) is 31.1 cm³/mol. The van der Waals surface area contributed by atoms with Crippen molar-refractivity contribution in [2.45, 2.75) is 6.41 Å². The van der Waals surface area contributed by atoms with Gasteiger partial charge >= 0.3 is 0 Å². The molecule has 0 saturated heterocycles. The van der Waals surface area contributed by atoms with Gasteiger partial charge in [0.05, 0.1) is 0 Å². The van der Waals surface area contributed by atoms with Gasteiger partial charge in [0.1, 0.15) is 0 Å². The van der Waals surface area contributed by atoms with Crippen molar-refractivity contribution in [3.05, 3.63) is 12.8 Å². The van der Waals surface area contributed by atoms with E-state index in [2.05, 4.69) is 11.9 Å². The molecule has 0 aliphatic carbocycles. The standard InChI is InChI=1S/C5H11NO2/c1-4-6-5(7-2)8-3/h4-6H,1H2,2-3H3. The highest BCUT2D eigenvalue weighted by Gasteiger charge is 1.96. The Morgan fingerprint density at radius 2 is 2.00 bits per heavy atom. The average Bonchev–Trinajstić information content (AvgIpc) is 1.83. The Labute approximate surface area is 49.3 Å². The van der Waals surface area contributed by atoms with E-state index in [4.69, 9.17) is 9.47 Å². The minimum atomic E-state index is -0.368. The lowest BCUT2D eigenvalue weighted by Gasteiger charge is -2.11. The molecule has 0 fully saturated rings. The van der Waals surface area contributed by atoms with Crippen LogP contribution >= 0.6 is 0 Å². The summed E-state index contributed by atoms with van der Waals surface area (Å²) in [6.07, 6.45) is 1.14. The van der Waals surface area contributed by atoms with Crippen LogP contribution < -0.4 is 5.32 Å². The van der Waals surface area contributed by atoms with Crippen molar-refractivity contribution in [3.8, 4) is 0 Å². The van der Waals surface area contributed by atoms with E-state index >= 15 is 0 Å². The lowest BCUT2D eigenvalue weighted by atomic mass is 10.9. The Morgan fingerprint density at radius 1 is 1.50 bits per heavy atom. The van der Waals surface area contributed by atoms with Crippen molar-refractivity contribution in [2.75, 3.05) is 14.2 Å². The van der Waals surface area contributed by atoms with Crippen LogP contribution in [0.1, 0.15) is 0 Å². The summed E-state index contributed by atoms with van der Waals surface area (Å²) in [5.41, 5.74) is 0. The Bertz CT molecular complexity index is 61.4. The monoisotopic (exact) mass is 117 g/mol. The van der Waals surface area contributed by atoms with E-state index in [0.29, 0.717) is 0 Å². The Kier molecular flexibility index (Phi) is 4.30. The molecule has 0 rings (SSSR count). The Balaban J connectivity index is 3.20. The molecule has 3 nitrogen and oxygen atoms in total. The maximum atomic E-state index is 4.74. The van der Waals surface area contributed by atoms with Crippen molar-refractivity contribution < 1.29 is 9.47 Å². The molecule has 0 aromatic heterocycles. The molecule has 0 unspecified atom stereocenters. The van der Waals surface area contributed by atoms with Gasteiger partial charge in [-0.2, -0.15) is 0 Å². The molecule has 0 heterocycles. The molecule has 8 heavy (non-hydrogen) atoms. The van der Waals surface area contributed by atoms with E-state index in [1.54, 1.807) is 14.2 Å². The first-order valence-corrected chi connectivity index (χ1v) is 2.27. The van der Waals surface area contributed by atoms with Crippen LogP contribution in [0, 0.1) is 0 Å². The Morgan fingerprint density at radius 3 is 2.12 bits per heavy atom. The van der Waals surface area contributed by atoms with Crippen molar-refractivity contribution in [1.82, 2.24) is 5.32 Å². The highest BCUT2D eigenvalue weighted by molar-refractivity contribution is 4.60. The smallest absolute Gasteiger partial charge is 0.236 e. The van der Waals surface area contributed by atoms with Gasteiger partial charge in [0.25, 0.3) is 0 Å². The van der Waals surface area contributed by atoms with Crippen LogP contribution in [0.3, 0.4) is 0 Å². The number of hydrogen-bond acceptors (Lipinski definition) is 3. The molecule has 0 spiro atoms. The van der Waals surface area contributed by atoms with Gasteiger partial charge < -0.3 is 14.8 Å². The molecule has 0 aromatic rings. The van der Waals surface area contributed by atoms with E-state index in [-0.39, 0.29) is 6.41 Å². The lowest BCUT2D eigenvalue weighted by Crippen LogP contribution is -2.27. The van der Waals surface area contributed by atoms with Crippen molar-refractivity contribution >= 4 is 0 Å². The second-order valence-corrected chi connectivity index (χ2v) is 1.17. The number of methoxy groups -OCH3 is 2. The Hall–Kier alpha value is -0.540. The summed E-state index contributed by atoms with van der Waals surface area (Å²) in [7, 11) is 3.09. The molecule has 0 atom stereocenters. The lowest BCUT2D eigenvalue weighted by molar-refractivity contribution is -0.115. The van der Waals surface area contributed by atoms with Crippen LogP contribution in [0.25, 0.3) is 0 Å². The van der Waals surface area contributed by atoms with E-state index in [9.17, 15) is 0 Å². The quantitative estimate of drug-likeness (QED) is 0.537. The van der Waals surface area contributed by atoms with Gasteiger partial charge in [0, 0.05) is 14.2 Å². The topological polar surface area (TPSA) is 30.5 Å². The van der Waals surface area contributed by atoms with Crippen LogP contribution in [-0.4, -0.2) is 20.6 Å². The van der Waals surface area contributed by atoms with E-state index in [1.807, 2.05) is 0 Å². The fourth-order valence-corrected chi connectivity index (χ4v) is 0.329. The fraction of sp³-hybridized carbons (Fsp3) is 0.600. The minimum absolute atomic E-state index is 0.368. The molecule has 48 valence electrons. The summed E-state index contributed by atoms with van der Waals surface area (Å²) in [4.78, 5) is 0. The second kappa shape index (κ2) is 4.61. The maximum absolute atomic E-state index is 4.74. The molecular weight excluding hydrogens is 106 g/mol. The van der Waals surface area contributed by atoms with Gasteiger partial charge in [-0.3, -0.25) is 0 Å². The van der Waals surface area contributed by atoms with Crippen molar-refractivity contribution in [2.24, 2.45) is 0 Å². The van der Waals surface area contributed by atoms with Gasteiger partial charge in [0.2, 0.25) is 6.41 Å². The summed E-state index contributed by atoms with van der Waals surface area (Å²) in [5, 5.41) is 2.70. The van der Waals surface area contributed by atoms with Gasteiger partial charge in [-0.25, -0.2) is 0 Å². The van der Waals surface area contributed by atoms with Gasteiger partial charge in [-0.05, 0) is 6.20 Å². The third kappa shape index (κ3) is 2.60. The van der Waals surface area contributed by atoms with E-state index in [0.717, 1.165) is 0 Å². The number of rotatable bonds is 4. The first-order valence-electron chi connectivity index (χ1n) is 2.27. The zero-order valence-corrected chi connectivity index (χ0v) is 5.18. The molecular formula is C5H11NO2. The number of ether oxygens (including phenoxy) is 2. The SMILES string of the molecule is C=CNC(OC)OC. The van der Waals surface area contributed by atoms with Crippen molar-refractivity contribution in [3.63, 3.8) is 0 Å². The molecule has 0 radical (unpaired) electrons. The second-order valence-electron chi connectivity index (χ2n) is 1.17. The summed E-state index contributed by atoms with van der Waals surface area (Å²) in [5.74, 6) is 0. The van der Waals surface area contributed by atoms with Crippen LogP contribution in [-0.2, 0) is 9.47 Å². The molecule has 1 N–H and O–H groups in total. The van der Waals surface area contributed by atoms with Gasteiger partial charge in [0.15, 0.2) is 0 Å². The van der Waals surface area contributed by atoms with Gasteiger partial charge in [-0.15, -0.1) is 0 Å². The van der Waals surface area contributed by atoms with E-state index in [1.165, 1.54) is 6.20 Å². The fourth-order valence-electron chi connectivity index (χ4n) is 0.329. The predicted octanol–water partition coefficient (Wildman–Crippen LogP) is 0.296. The number of hydrogen-bond donors (Lipinski definition) is 1. The minimum Gasteiger partial charge on any atom is -0.344 e. The average molecular weight is 117 g/mol. The molecule has 0 bridgehead atoms. The zero-order valence-electron chi connectivity index (χ0n) is 5.18. The normalized spacial score (nSPS) is 9.38. The largest absolute Gasteiger partial charge is 0.344 e. The number of nitrogens with one attached hydrogen (secondary N) is 1. The summed E-state index contributed by atoms with van der Waals surface area (Å²) in [6.45, 7) is 3.43. The van der Waals surface area contributed by atoms with E-state index < -0.39 is 0 Å². The maximum Gasteiger partial charge on any atom is 0.236 e. The van der Waals surface area contributed by atoms with Crippen LogP contribution in [0.4, 0.5) is 0 Å². The third-order valence-corrected chi connectivity index (χ3v) is 0.682. The highest BCUT2D eigenvalue weighted by Crippen LogP contribution is 1.81. The van der Waals surface area contributed by atoms with Gasteiger partial charge in [-0.1, -0.05) is 6.58 Å². The molecule has 0 aromatic carbocycles. The molecule has 0 amide bonds.